The first-order valence-corrected chi connectivity index (χ1v) is 13.4. The lowest BCUT2D eigenvalue weighted by atomic mass is 9.95. The molecule has 0 unspecified atom stereocenters. The van der Waals surface area contributed by atoms with E-state index in [1.807, 2.05) is 6.92 Å². The van der Waals surface area contributed by atoms with Crippen LogP contribution in [0.5, 0.6) is 0 Å². The van der Waals surface area contributed by atoms with Crippen molar-refractivity contribution in [1.82, 2.24) is 24.2 Å². The average molecular weight is 556 g/mol. The lowest BCUT2D eigenvalue weighted by Gasteiger charge is -2.36. The number of nitrogens with one attached hydrogen (secondary N) is 2. The molecule has 3 N–H and O–H groups in total. The zero-order chi connectivity index (χ0) is 27.2. The summed E-state index contributed by atoms with van der Waals surface area (Å²) in [5.74, 6) is -0.259. The van der Waals surface area contributed by atoms with Gasteiger partial charge in [0.05, 0.1) is 30.4 Å². The molecule has 1 saturated heterocycles. The highest BCUT2D eigenvalue weighted by atomic mass is 32.2. The first kappa shape index (κ1) is 27.0. The van der Waals surface area contributed by atoms with Crippen LogP contribution in [-0.4, -0.2) is 56.9 Å². The monoisotopic (exact) mass is 555 g/mol. The largest absolute Gasteiger partial charge is 0.420 e. The Morgan fingerprint density at radius 1 is 1.32 bits per heavy atom. The number of hydrogen-bond donors (Lipinski definition) is 3. The molecule has 0 aromatic carbocycles. The Kier molecular flexibility index (Phi) is 7.06. The first-order valence-electron chi connectivity index (χ1n) is 11.2. The van der Waals surface area contributed by atoms with Crippen LogP contribution in [-0.2, 0) is 21.8 Å². The summed E-state index contributed by atoms with van der Waals surface area (Å²) in [4.78, 5) is 18.0. The maximum Gasteiger partial charge on any atom is 0.420 e. The molecule has 0 spiro atoms. The SMILES string of the molecule is [C-]#[N+]c1cc(-c2nc(N[C@H]3CCN(S(=O)(=O)c4cnc[nH]4)C[C@H]3C)ncc2C(F)(F)F)sc1C(C)(C)O. The molecule has 4 rings (SSSR count). The van der Waals surface area contributed by atoms with Crippen LogP contribution in [0.2, 0.25) is 0 Å². The number of thiophene rings is 1. The van der Waals surface area contributed by atoms with Crippen LogP contribution in [0.3, 0.4) is 0 Å². The first-order chi connectivity index (χ1) is 17.2. The summed E-state index contributed by atoms with van der Waals surface area (Å²) in [7, 11) is -3.74. The van der Waals surface area contributed by atoms with Gasteiger partial charge in [-0.25, -0.2) is 28.2 Å². The van der Waals surface area contributed by atoms with Gasteiger partial charge in [0.25, 0.3) is 10.0 Å². The van der Waals surface area contributed by atoms with E-state index in [9.17, 15) is 26.7 Å². The maximum absolute atomic E-state index is 13.8. The summed E-state index contributed by atoms with van der Waals surface area (Å²) in [6.07, 6.45) is -1.17. The molecule has 3 aromatic rings. The second-order valence-electron chi connectivity index (χ2n) is 9.25. The van der Waals surface area contributed by atoms with Crippen LogP contribution >= 0.6 is 11.3 Å². The molecule has 0 radical (unpaired) electrons. The summed E-state index contributed by atoms with van der Waals surface area (Å²) in [6, 6.07) is 0.986. The van der Waals surface area contributed by atoms with E-state index >= 15 is 0 Å². The zero-order valence-electron chi connectivity index (χ0n) is 20.0. The fourth-order valence-electron chi connectivity index (χ4n) is 4.10. The lowest BCUT2D eigenvalue weighted by Crippen LogP contribution is -2.47. The number of sulfonamides is 1. The number of rotatable bonds is 6. The molecule has 0 aliphatic carbocycles. The van der Waals surface area contributed by atoms with Gasteiger partial charge in [-0.2, -0.15) is 17.5 Å². The van der Waals surface area contributed by atoms with E-state index in [1.54, 1.807) is 0 Å². The van der Waals surface area contributed by atoms with Crippen molar-refractivity contribution in [2.75, 3.05) is 18.4 Å². The third-order valence-corrected chi connectivity index (χ3v) is 9.22. The molecule has 0 bridgehead atoms. The molecule has 198 valence electrons. The second-order valence-corrected chi connectivity index (χ2v) is 12.2. The van der Waals surface area contributed by atoms with Gasteiger partial charge < -0.3 is 15.4 Å². The van der Waals surface area contributed by atoms with Gasteiger partial charge in [0.15, 0.2) is 5.03 Å². The van der Waals surface area contributed by atoms with E-state index in [4.69, 9.17) is 6.57 Å². The number of halogens is 3. The number of aromatic amines is 1. The summed E-state index contributed by atoms with van der Waals surface area (Å²) in [6.45, 7) is 12.5. The minimum absolute atomic E-state index is 0.0121. The number of aromatic nitrogens is 4. The Morgan fingerprint density at radius 2 is 2.05 bits per heavy atom. The number of piperidine rings is 1. The molecular formula is C22H24F3N7O3S2. The molecule has 15 heteroatoms. The highest BCUT2D eigenvalue weighted by molar-refractivity contribution is 7.89. The number of imidazole rings is 1. The third-order valence-electron chi connectivity index (χ3n) is 5.99. The number of nitrogens with zero attached hydrogens (tertiary/aromatic N) is 5. The smallest absolute Gasteiger partial charge is 0.386 e. The molecule has 2 atom stereocenters. The minimum Gasteiger partial charge on any atom is -0.386 e. The molecule has 37 heavy (non-hydrogen) atoms. The molecule has 3 aromatic heterocycles. The van der Waals surface area contributed by atoms with Gasteiger partial charge in [-0.1, -0.05) is 6.92 Å². The molecule has 1 fully saturated rings. The molecule has 1 aliphatic rings. The van der Waals surface area contributed by atoms with E-state index in [-0.39, 0.29) is 51.5 Å². The van der Waals surface area contributed by atoms with E-state index in [2.05, 4.69) is 30.1 Å². The summed E-state index contributed by atoms with van der Waals surface area (Å²) in [5.41, 5.74) is -2.84. The number of H-pyrrole nitrogens is 1. The quantitative estimate of drug-likeness (QED) is 0.388. The third kappa shape index (κ3) is 5.47. The Balaban J connectivity index is 1.61. The standard InChI is InChI=1S/C22H24F3N7O3S2/c1-12-10-32(37(34,35)17-9-27-11-29-17)6-5-14(12)30-20-28-8-13(22(23,24)25)18(31-20)16-7-15(26-4)19(36-16)21(2,3)33/h7-9,11-12,14,33H,5-6,10H2,1-3H3,(H,27,29)(H,28,30,31)/t12-,14+/m1/s1. The molecule has 4 heterocycles. The Morgan fingerprint density at radius 3 is 2.59 bits per heavy atom. The van der Waals surface area contributed by atoms with E-state index < -0.39 is 33.1 Å². The van der Waals surface area contributed by atoms with Gasteiger partial charge >= 0.3 is 6.18 Å². The number of aliphatic hydroxyl groups is 1. The van der Waals surface area contributed by atoms with Crippen molar-refractivity contribution in [3.05, 3.63) is 46.6 Å². The van der Waals surface area contributed by atoms with Crippen molar-refractivity contribution >= 4 is 33.0 Å². The number of anilines is 1. The number of hydrogen-bond acceptors (Lipinski definition) is 8. The van der Waals surface area contributed by atoms with Crippen LogP contribution in [0.15, 0.2) is 29.8 Å². The van der Waals surface area contributed by atoms with Crippen molar-refractivity contribution in [3.8, 4) is 10.6 Å². The second kappa shape index (κ2) is 9.67. The van der Waals surface area contributed by atoms with E-state index in [0.29, 0.717) is 12.6 Å². The topological polar surface area (TPSA) is 128 Å². The van der Waals surface area contributed by atoms with Crippen LogP contribution in [0.1, 0.15) is 37.6 Å². The van der Waals surface area contributed by atoms with Crippen LogP contribution < -0.4 is 5.32 Å². The van der Waals surface area contributed by atoms with Gasteiger partial charge in [0, 0.05) is 35.1 Å². The van der Waals surface area contributed by atoms with Crippen LogP contribution in [0, 0.1) is 12.5 Å². The molecule has 0 saturated carbocycles. The molecule has 10 nitrogen and oxygen atoms in total. The summed E-state index contributed by atoms with van der Waals surface area (Å²) >= 11 is 0.868. The Bertz CT molecular complexity index is 1430. The van der Waals surface area contributed by atoms with E-state index in [0.717, 1.165) is 11.3 Å². The average Bonchev–Trinajstić information content (AvgIpc) is 3.50. The van der Waals surface area contributed by atoms with Crippen molar-refractivity contribution < 1.29 is 26.7 Å². The van der Waals surface area contributed by atoms with Crippen LogP contribution in [0.25, 0.3) is 15.4 Å². The Labute approximate surface area is 215 Å². The van der Waals surface area contributed by atoms with Crippen molar-refractivity contribution in [2.45, 2.75) is 50.0 Å². The lowest BCUT2D eigenvalue weighted by molar-refractivity contribution is -0.137. The van der Waals surface area contributed by atoms with E-state index in [1.165, 1.54) is 36.7 Å². The molecule has 0 amide bonds. The molecular weight excluding hydrogens is 531 g/mol. The minimum atomic E-state index is -4.75. The summed E-state index contributed by atoms with van der Waals surface area (Å²) in [5, 5.41) is 13.4. The normalized spacial score (nSPS) is 19.5. The van der Waals surface area contributed by atoms with Crippen LogP contribution in [0.4, 0.5) is 24.8 Å². The maximum atomic E-state index is 13.8. The van der Waals surface area contributed by atoms with Crippen molar-refractivity contribution in [3.63, 3.8) is 0 Å². The zero-order valence-corrected chi connectivity index (χ0v) is 21.7. The highest BCUT2D eigenvalue weighted by Crippen LogP contribution is 2.45. The molecule has 1 aliphatic heterocycles. The fraction of sp³-hybridized carbons (Fsp3) is 0.455. The fourth-order valence-corrected chi connectivity index (χ4v) is 6.65. The van der Waals surface area contributed by atoms with Gasteiger partial charge in [-0.05, 0) is 32.3 Å². The predicted octanol–water partition coefficient (Wildman–Crippen LogP) is 4.24. The van der Waals surface area contributed by atoms with Crippen molar-refractivity contribution in [1.29, 1.82) is 0 Å². The highest BCUT2D eigenvalue weighted by Gasteiger charge is 2.38. The van der Waals surface area contributed by atoms with Gasteiger partial charge in [-0.15, -0.1) is 11.3 Å². The number of alkyl halides is 3. The van der Waals surface area contributed by atoms with Gasteiger partial charge in [0.2, 0.25) is 11.6 Å². The summed E-state index contributed by atoms with van der Waals surface area (Å²) < 4.78 is 68.3. The predicted molar refractivity (Wildman–Crippen MR) is 130 cm³/mol. The van der Waals surface area contributed by atoms with Crippen molar-refractivity contribution in [2.24, 2.45) is 5.92 Å². The van der Waals surface area contributed by atoms with Gasteiger partial charge in [0.1, 0.15) is 5.56 Å². The Hall–Kier alpha value is -3.06. The van der Waals surface area contributed by atoms with Gasteiger partial charge in [-0.3, -0.25) is 0 Å².